The van der Waals surface area contributed by atoms with Crippen LogP contribution in [0.3, 0.4) is 0 Å². The van der Waals surface area contributed by atoms with Crippen molar-refractivity contribution in [1.29, 1.82) is 0 Å². The van der Waals surface area contributed by atoms with E-state index >= 15 is 0 Å². The van der Waals surface area contributed by atoms with Crippen molar-refractivity contribution in [2.24, 2.45) is 4.99 Å². The third kappa shape index (κ3) is 4.27. The van der Waals surface area contributed by atoms with E-state index in [0.717, 1.165) is 24.1 Å². The molecule has 1 aromatic carbocycles. The topological polar surface area (TPSA) is 89.5 Å². The van der Waals surface area contributed by atoms with Crippen molar-refractivity contribution in [1.82, 2.24) is 10.2 Å². The molecule has 1 N–H and O–H groups in total. The molecule has 1 atom stereocenters. The molecule has 31 heavy (non-hydrogen) atoms. The van der Waals surface area contributed by atoms with Crippen molar-refractivity contribution in [3.8, 4) is 11.5 Å². The predicted octanol–water partition coefficient (Wildman–Crippen LogP) is 3.12. The second-order valence-corrected chi connectivity index (χ2v) is 8.39. The van der Waals surface area contributed by atoms with Crippen molar-refractivity contribution >= 4 is 28.8 Å². The first kappa shape index (κ1) is 21.3. The van der Waals surface area contributed by atoms with Gasteiger partial charge in [0.15, 0.2) is 5.17 Å². The van der Waals surface area contributed by atoms with E-state index in [4.69, 9.17) is 14.2 Å². The first-order valence-corrected chi connectivity index (χ1v) is 10.9. The minimum atomic E-state index is -0.529. The Bertz CT molecular complexity index is 990. The molecule has 2 aliphatic heterocycles. The molecule has 2 heterocycles. The van der Waals surface area contributed by atoms with Crippen LogP contribution in [0.15, 0.2) is 45.6 Å². The summed E-state index contributed by atoms with van der Waals surface area (Å²) in [6.07, 6.45) is 2.25. The summed E-state index contributed by atoms with van der Waals surface area (Å²) in [4.78, 5) is 31.9. The highest BCUT2D eigenvalue weighted by atomic mass is 32.2. The molecule has 0 saturated heterocycles. The molecule has 0 bridgehead atoms. The zero-order chi connectivity index (χ0) is 22.1. The maximum absolute atomic E-state index is 12.8. The summed E-state index contributed by atoms with van der Waals surface area (Å²) >= 11 is 1.44. The van der Waals surface area contributed by atoms with E-state index in [1.807, 2.05) is 22.4 Å². The Balaban J connectivity index is 1.77. The van der Waals surface area contributed by atoms with Gasteiger partial charge < -0.3 is 24.4 Å². The lowest BCUT2D eigenvalue weighted by atomic mass is 9.93. The molecule has 1 aromatic rings. The number of rotatable bonds is 7. The van der Waals surface area contributed by atoms with Crippen LogP contribution in [0.2, 0.25) is 0 Å². The molecule has 9 heteroatoms. The van der Waals surface area contributed by atoms with Crippen LogP contribution in [0.1, 0.15) is 37.8 Å². The van der Waals surface area contributed by atoms with Gasteiger partial charge in [-0.25, -0.2) is 9.79 Å². The van der Waals surface area contributed by atoms with Gasteiger partial charge in [0.2, 0.25) is 5.91 Å². The number of benzene rings is 1. The minimum Gasteiger partial charge on any atom is -0.497 e. The van der Waals surface area contributed by atoms with Crippen molar-refractivity contribution in [3.63, 3.8) is 0 Å². The smallest absolute Gasteiger partial charge is 0.338 e. The van der Waals surface area contributed by atoms with Crippen LogP contribution in [-0.4, -0.2) is 49.3 Å². The molecule has 4 rings (SSSR count). The fourth-order valence-corrected chi connectivity index (χ4v) is 4.68. The van der Waals surface area contributed by atoms with Crippen molar-refractivity contribution in [3.05, 3.63) is 46.1 Å². The van der Waals surface area contributed by atoms with Crippen LogP contribution in [0.4, 0.5) is 0 Å². The van der Waals surface area contributed by atoms with Crippen LogP contribution in [0.5, 0.6) is 11.5 Å². The first-order valence-electron chi connectivity index (χ1n) is 10.00. The number of amides is 1. The zero-order valence-corrected chi connectivity index (χ0v) is 18.7. The Morgan fingerprint density at radius 1 is 1.16 bits per heavy atom. The fraction of sp³-hybridized carbons (Fsp3) is 0.409. The maximum Gasteiger partial charge on any atom is 0.338 e. The zero-order valence-electron chi connectivity index (χ0n) is 17.9. The van der Waals surface area contributed by atoms with Crippen LogP contribution < -0.4 is 14.8 Å². The van der Waals surface area contributed by atoms with E-state index in [2.05, 4.69) is 10.3 Å². The molecule has 0 spiro atoms. The number of methoxy groups -OCH3 is 3. The van der Waals surface area contributed by atoms with Gasteiger partial charge in [0.05, 0.1) is 45.1 Å². The van der Waals surface area contributed by atoms with Gasteiger partial charge in [-0.2, -0.15) is 0 Å². The van der Waals surface area contributed by atoms with Gasteiger partial charge in [-0.3, -0.25) is 4.79 Å². The lowest BCUT2D eigenvalue weighted by Crippen LogP contribution is -2.38. The summed E-state index contributed by atoms with van der Waals surface area (Å²) in [5, 5.41) is 5.66. The second kappa shape index (κ2) is 8.66. The molecule has 1 unspecified atom stereocenters. The highest BCUT2D eigenvalue weighted by Gasteiger charge is 2.41. The van der Waals surface area contributed by atoms with E-state index < -0.39 is 12.0 Å². The Hall–Kier alpha value is -2.94. The van der Waals surface area contributed by atoms with E-state index in [0.29, 0.717) is 27.9 Å². The molecule has 0 radical (unpaired) electrons. The van der Waals surface area contributed by atoms with E-state index in [1.54, 1.807) is 27.2 Å². The Kier molecular flexibility index (Phi) is 5.95. The largest absolute Gasteiger partial charge is 0.497 e. The monoisotopic (exact) mass is 443 g/mol. The predicted molar refractivity (Wildman–Crippen MR) is 118 cm³/mol. The number of nitrogens with zero attached hydrogens (tertiary/aromatic N) is 2. The third-order valence-corrected chi connectivity index (χ3v) is 6.27. The summed E-state index contributed by atoms with van der Waals surface area (Å²) in [7, 11) is 4.51. The van der Waals surface area contributed by atoms with Crippen LogP contribution >= 0.6 is 11.8 Å². The molecule has 1 saturated carbocycles. The summed E-state index contributed by atoms with van der Waals surface area (Å²) in [5.41, 5.74) is 2.55. The average Bonchev–Trinajstić information content (AvgIpc) is 3.50. The molecule has 0 aromatic heterocycles. The molecular weight excluding hydrogens is 418 g/mol. The number of aliphatic imine (C=N–C) groups is 1. The number of hydrogen-bond donors (Lipinski definition) is 1. The van der Waals surface area contributed by atoms with Gasteiger partial charge in [0.1, 0.15) is 11.5 Å². The number of thioether (sulfide) groups is 1. The molecule has 8 nitrogen and oxygen atoms in total. The second-order valence-electron chi connectivity index (χ2n) is 7.55. The standard InChI is InChI=1S/C22H25N3O5S/c1-12-19(21(27)30-4)20(13-7-16(28-2)10-17(8-13)29-3)25-15(11-31-22(25)23-12)9-18(26)24-14-5-6-14/h7-8,10-11,14,20H,5-6,9H2,1-4H3,(H,24,26). The SMILES string of the molecule is COC(=O)C1=C(C)N=C2SC=C(CC(=O)NC3CC3)N2C1c1cc(OC)cc(OC)c1. The van der Waals surface area contributed by atoms with Crippen LogP contribution in [0, 0.1) is 0 Å². The quantitative estimate of drug-likeness (QED) is 0.648. The summed E-state index contributed by atoms with van der Waals surface area (Å²) in [6.45, 7) is 1.79. The van der Waals surface area contributed by atoms with Gasteiger partial charge in [0.25, 0.3) is 0 Å². The van der Waals surface area contributed by atoms with Crippen LogP contribution in [-0.2, 0) is 14.3 Å². The van der Waals surface area contributed by atoms with Crippen molar-refractivity contribution in [2.75, 3.05) is 21.3 Å². The number of ether oxygens (including phenoxy) is 3. The maximum atomic E-state index is 12.8. The summed E-state index contributed by atoms with van der Waals surface area (Å²) < 4.78 is 16.0. The van der Waals surface area contributed by atoms with Crippen molar-refractivity contribution in [2.45, 2.75) is 38.3 Å². The lowest BCUT2D eigenvalue weighted by Gasteiger charge is -2.36. The molecular formula is C22H25N3O5S. The summed E-state index contributed by atoms with van der Waals surface area (Å²) in [5.74, 6) is 0.697. The number of hydrogen-bond acceptors (Lipinski definition) is 8. The van der Waals surface area contributed by atoms with E-state index in [9.17, 15) is 9.59 Å². The molecule has 3 aliphatic rings. The Morgan fingerprint density at radius 3 is 2.42 bits per heavy atom. The number of amidine groups is 1. The number of esters is 1. The van der Waals surface area contributed by atoms with E-state index in [1.165, 1.54) is 18.9 Å². The minimum absolute atomic E-state index is 0.0385. The van der Waals surface area contributed by atoms with Gasteiger partial charge >= 0.3 is 5.97 Å². The highest BCUT2D eigenvalue weighted by molar-refractivity contribution is 8.16. The average molecular weight is 444 g/mol. The lowest BCUT2D eigenvalue weighted by molar-refractivity contribution is -0.136. The Morgan fingerprint density at radius 2 is 1.84 bits per heavy atom. The first-order chi connectivity index (χ1) is 14.9. The van der Waals surface area contributed by atoms with Crippen molar-refractivity contribution < 1.29 is 23.8 Å². The normalized spacial score (nSPS) is 20.0. The summed E-state index contributed by atoms with van der Waals surface area (Å²) in [6, 6.07) is 5.24. The third-order valence-electron chi connectivity index (χ3n) is 5.38. The van der Waals surface area contributed by atoms with Gasteiger partial charge in [-0.05, 0) is 42.9 Å². The highest BCUT2D eigenvalue weighted by Crippen LogP contribution is 2.46. The van der Waals surface area contributed by atoms with Crippen LogP contribution in [0.25, 0.3) is 0 Å². The molecule has 1 aliphatic carbocycles. The van der Waals surface area contributed by atoms with E-state index in [-0.39, 0.29) is 18.4 Å². The molecule has 1 fully saturated rings. The number of carbonyl (C=O) groups is 2. The molecule has 1 amide bonds. The number of fused-ring (bicyclic) bond motifs is 1. The van der Waals surface area contributed by atoms with Gasteiger partial charge in [-0.1, -0.05) is 11.8 Å². The molecule has 164 valence electrons. The van der Waals surface area contributed by atoms with Gasteiger partial charge in [0, 0.05) is 17.8 Å². The number of nitrogens with one attached hydrogen (secondary N) is 1. The fourth-order valence-electron chi connectivity index (χ4n) is 3.71. The van der Waals surface area contributed by atoms with Gasteiger partial charge in [-0.15, -0.1) is 0 Å². The number of allylic oxidation sites excluding steroid dienone is 1. The Labute approximate surface area is 185 Å². The number of carbonyl (C=O) groups excluding carboxylic acids is 2.